The molecule has 1 fully saturated rings. The molecule has 0 heterocycles. The van der Waals surface area contributed by atoms with Gasteiger partial charge in [0.05, 0.1) is 0 Å². The molecule has 1 rings (SSSR count). The largest absolute Gasteiger partial charge is 0.508 e. The molecule has 1 aliphatic rings. The van der Waals surface area contributed by atoms with Crippen molar-refractivity contribution < 1.29 is 14.3 Å². The number of ether oxygens (including phenoxy) is 2. The molecule has 3 nitrogen and oxygen atoms in total. The lowest BCUT2D eigenvalue weighted by Crippen LogP contribution is -2.28. The summed E-state index contributed by atoms with van der Waals surface area (Å²) in [5.41, 5.74) is 0. The van der Waals surface area contributed by atoms with E-state index in [1.807, 2.05) is 0 Å². The van der Waals surface area contributed by atoms with Gasteiger partial charge in [0.1, 0.15) is 12.7 Å². The number of halogens is 1. The van der Waals surface area contributed by atoms with Crippen LogP contribution >= 0.6 is 22.6 Å². The predicted octanol–water partition coefficient (Wildman–Crippen LogP) is 3.15. The molecule has 0 aromatic carbocycles. The minimum Gasteiger partial charge on any atom is -0.433 e. The maximum Gasteiger partial charge on any atom is 0.508 e. The van der Waals surface area contributed by atoms with Crippen molar-refractivity contribution in [2.45, 2.75) is 38.7 Å². The Labute approximate surface area is 98.7 Å². The Balaban J connectivity index is 2.23. The minimum absolute atomic E-state index is 0.0745. The molecule has 2 unspecified atom stereocenters. The van der Waals surface area contributed by atoms with Gasteiger partial charge in [-0.1, -0.05) is 35.9 Å². The minimum atomic E-state index is -0.500. The Bertz CT molecular complexity index is 184. The Hall–Kier alpha value is 0. The van der Waals surface area contributed by atoms with E-state index >= 15 is 0 Å². The molecule has 2 atom stereocenters. The van der Waals surface area contributed by atoms with Gasteiger partial charge in [0.2, 0.25) is 0 Å². The Morgan fingerprint density at radius 2 is 2.14 bits per heavy atom. The number of hydrogen-bond acceptors (Lipinski definition) is 3. The first-order chi connectivity index (χ1) is 6.74. The standard InChI is InChI=1S/C10H17IO3/c1-8-4-2-3-5-9(8)14-10(12)13-7-6-11/h8-9H,2-7H2,1H3. The molecular formula is C10H17IO3. The fourth-order valence-electron chi connectivity index (χ4n) is 1.74. The van der Waals surface area contributed by atoms with E-state index in [0.29, 0.717) is 12.5 Å². The summed E-state index contributed by atoms with van der Waals surface area (Å²) in [7, 11) is 0. The summed E-state index contributed by atoms with van der Waals surface area (Å²) in [6.07, 6.45) is 4.13. The molecule has 0 aromatic rings. The van der Waals surface area contributed by atoms with Crippen molar-refractivity contribution in [1.29, 1.82) is 0 Å². The SMILES string of the molecule is CC1CCCCC1OC(=O)OCCI. The highest BCUT2D eigenvalue weighted by molar-refractivity contribution is 14.1. The second-order valence-electron chi connectivity index (χ2n) is 3.71. The van der Waals surface area contributed by atoms with Gasteiger partial charge in [-0.2, -0.15) is 0 Å². The van der Waals surface area contributed by atoms with Crippen LogP contribution in [0.1, 0.15) is 32.6 Å². The van der Waals surface area contributed by atoms with E-state index in [-0.39, 0.29) is 6.10 Å². The molecule has 0 N–H and O–H groups in total. The van der Waals surface area contributed by atoms with Crippen molar-refractivity contribution in [3.63, 3.8) is 0 Å². The van der Waals surface area contributed by atoms with Crippen LogP contribution in [0.4, 0.5) is 4.79 Å². The van der Waals surface area contributed by atoms with Crippen molar-refractivity contribution in [2.75, 3.05) is 11.0 Å². The number of hydrogen-bond donors (Lipinski definition) is 0. The normalized spacial score (nSPS) is 27.0. The van der Waals surface area contributed by atoms with E-state index in [1.54, 1.807) is 0 Å². The average molecular weight is 312 g/mol. The summed E-state index contributed by atoms with van der Waals surface area (Å²) in [5, 5.41) is 0. The van der Waals surface area contributed by atoms with E-state index in [0.717, 1.165) is 23.7 Å². The van der Waals surface area contributed by atoms with E-state index in [9.17, 15) is 4.79 Å². The van der Waals surface area contributed by atoms with Crippen LogP contribution in [0.2, 0.25) is 0 Å². The molecular weight excluding hydrogens is 295 g/mol. The van der Waals surface area contributed by atoms with Crippen molar-refractivity contribution >= 4 is 28.7 Å². The van der Waals surface area contributed by atoms with Gasteiger partial charge >= 0.3 is 6.16 Å². The van der Waals surface area contributed by atoms with Gasteiger partial charge in [-0.3, -0.25) is 0 Å². The first-order valence-corrected chi connectivity index (χ1v) is 6.66. The van der Waals surface area contributed by atoms with Crippen LogP contribution in [0.5, 0.6) is 0 Å². The van der Waals surface area contributed by atoms with E-state index in [2.05, 4.69) is 29.5 Å². The van der Waals surface area contributed by atoms with Crippen LogP contribution in [0.25, 0.3) is 0 Å². The highest BCUT2D eigenvalue weighted by atomic mass is 127. The Morgan fingerprint density at radius 3 is 2.79 bits per heavy atom. The zero-order chi connectivity index (χ0) is 10.4. The fourth-order valence-corrected chi connectivity index (χ4v) is 1.96. The molecule has 0 aliphatic heterocycles. The zero-order valence-electron chi connectivity index (χ0n) is 8.50. The molecule has 82 valence electrons. The summed E-state index contributed by atoms with van der Waals surface area (Å²) in [6.45, 7) is 2.58. The number of carbonyl (C=O) groups excluding carboxylic acids is 1. The predicted molar refractivity (Wildman–Crippen MR) is 62.7 cm³/mol. The van der Waals surface area contributed by atoms with Gasteiger partial charge in [0, 0.05) is 4.43 Å². The summed E-state index contributed by atoms with van der Waals surface area (Å²) >= 11 is 2.16. The van der Waals surface area contributed by atoms with Gasteiger partial charge in [-0.05, 0) is 25.2 Å². The number of carbonyl (C=O) groups is 1. The maximum atomic E-state index is 11.2. The van der Waals surface area contributed by atoms with Crippen LogP contribution in [-0.4, -0.2) is 23.3 Å². The Kier molecular flexibility index (Phi) is 5.59. The van der Waals surface area contributed by atoms with Crippen LogP contribution in [0.15, 0.2) is 0 Å². The van der Waals surface area contributed by atoms with Gasteiger partial charge in [-0.15, -0.1) is 0 Å². The average Bonchev–Trinajstić information content (AvgIpc) is 2.18. The van der Waals surface area contributed by atoms with Gasteiger partial charge < -0.3 is 9.47 Å². The molecule has 0 spiro atoms. The zero-order valence-corrected chi connectivity index (χ0v) is 10.7. The van der Waals surface area contributed by atoms with E-state index in [1.165, 1.54) is 6.42 Å². The van der Waals surface area contributed by atoms with Gasteiger partial charge in [-0.25, -0.2) is 4.79 Å². The van der Waals surface area contributed by atoms with Crippen LogP contribution in [0, 0.1) is 5.92 Å². The van der Waals surface area contributed by atoms with Crippen molar-refractivity contribution in [3.8, 4) is 0 Å². The van der Waals surface area contributed by atoms with Crippen molar-refractivity contribution in [3.05, 3.63) is 0 Å². The molecule has 0 saturated heterocycles. The molecule has 0 amide bonds. The van der Waals surface area contributed by atoms with E-state index < -0.39 is 6.16 Å². The first kappa shape index (κ1) is 12.1. The topological polar surface area (TPSA) is 35.5 Å². The van der Waals surface area contributed by atoms with Gasteiger partial charge in [0.25, 0.3) is 0 Å². The summed E-state index contributed by atoms with van der Waals surface area (Å²) in [4.78, 5) is 11.2. The third-order valence-corrected chi connectivity index (χ3v) is 3.02. The van der Waals surface area contributed by atoms with Crippen molar-refractivity contribution in [2.24, 2.45) is 5.92 Å². The molecule has 1 aliphatic carbocycles. The summed E-state index contributed by atoms with van der Waals surface area (Å²) in [6, 6.07) is 0. The maximum absolute atomic E-state index is 11.2. The van der Waals surface area contributed by atoms with Crippen LogP contribution in [0.3, 0.4) is 0 Å². The smallest absolute Gasteiger partial charge is 0.433 e. The second-order valence-corrected chi connectivity index (χ2v) is 4.78. The third kappa shape index (κ3) is 4.02. The van der Waals surface area contributed by atoms with Gasteiger partial charge in [0.15, 0.2) is 0 Å². The molecule has 0 bridgehead atoms. The monoisotopic (exact) mass is 312 g/mol. The first-order valence-electron chi connectivity index (χ1n) is 5.13. The molecule has 4 heteroatoms. The molecule has 0 radical (unpaired) electrons. The second kappa shape index (κ2) is 6.48. The highest BCUT2D eigenvalue weighted by Gasteiger charge is 2.25. The highest BCUT2D eigenvalue weighted by Crippen LogP contribution is 2.26. The molecule has 0 aromatic heterocycles. The quantitative estimate of drug-likeness (QED) is 0.456. The molecule has 14 heavy (non-hydrogen) atoms. The third-order valence-electron chi connectivity index (χ3n) is 2.58. The Morgan fingerprint density at radius 1 is 1.43 bits per heavy atom. The van der Waals surface area contributed by atoms with Crippen LogP contribution < -0.4 is 0 Å². The van der Waals surface area contributed by atoms with E-state index in [4.69, 9.17) is 9.47 Å². The fraction of sp³-hybridized carbons (Fsp3) is 0.900. The van der Waals surface area contributed by atoms with Crippen molar-refractivity contribution in [1.82, 2.24) is 0 Å². The summed E-state index contributed by atoms with van der Waals surface area (Å²) in [5.74, 6) is 0.482. The lowest BCUT2D eigenvalue weighted by atomic mass is 9.88. The lowest BCUT2D eigenvalue weighted by molar-refractivity contribution is -0.00578. The number of alkyl halides is 1. The lowest BCUT2D eigenvalue weighted by Gasteiger charge is -2.27. The molecule has 1 saturated carbocycles. The summed E-state index contributed by atoms with van der Waals surface area (Å²) < 4.78 is 10.9. The van der Waals surface area contributed by atoms with Crippen LogP contribution in [-0.2, 0) is 9.47 Å². The number of rotatable bonds is 3.